The van der Waals surface area contributed by atoms with Gasteiger partial charge in [0.2, 0.25) is 0 Å². The number of carboxylic acids is 1. The average Bonchev–Trinajstić information content (AvgIpc) is 2.69. The Bertz CT molecular complexity index is 428. The van der Waals surface area contributed by atoms with Gasteiger partial charge in [0.05, 0.1) is 6.33 Å². The van der Waals surface area contributed by atoms with Gasteiger partial charge in [-0.15, -0.1) is 0 Å². The Hall–Kier alpha value is -2.29. The largest absolute Gasteiger partial charge is 0.480 e. The van der Waals surface area contributed by atoms with Crippen LogP contribution in [-0.4, -0.2) is 33.0 Å². The van der Waals surface area contributed by atoms with Crippen LogP contribution in [0.4, 0.5) is 0 Å². The van der Waals surface area contributed by atoms with Crippen LogP contribution in [0.25, 0.3) is 0 Å². The molecule has 1 aromatic rings. The monoisotopic (exact) mass is 221 g/mol. The standard InChI is InChI=1S/C10H11N3O3/c1-2-3-9(14)13-8(10(15)16)4-7-5-11-6-12-7/h5-6,8H,4H2,1H3,(H,11,12)(H,13,14)(H,15,16). The summed E-state index contributed by atoms with van der Waals surface area (Å²) in [5.41, 5.74) is 0.636. The first-order chi connectivity index (χ1) is 7.63. The molecule has 6 nitrogen and oxygen atoms in total. The molecule has 1 unspecified atom stereocenters. The number of hydrogen-bond acceptors (Lipinski definition) is 3. The Morgan fingerprint density at radius 3 is 2.94 bits per heavy atom. The third-order valence-corrected chi connectivity index (χ3v) is 1.82. The highest BCUT2D eigenvalue weighted by Crippen LogP contribution is 1.98. The lowest BCUT2D eigenvalue weighted by Crippen LogP contribution is -2.41. The minimum absolute atomic E-state index is 0.145. The maximum atomic E-state index is 11.1. The van der Waals surface area contributed by atoms with E-state index in [0.717, 1.165) is 0 Å². The molecular formula is C10H11N3O3. The molecule has 0 spiro atoms. The first-order valence-electron chi connectivity index (χ1n) is 4.56. The topological polar surface area (TPSA) is 95.1 Å². The first-order valence-corrected chi connectivity index (χ1v) is 4.56. The third kappa shape index (κ3) is 3.46. The molecule has 0 fully saturated rings. The van der Waals surface area contributed by atoms with Crippen molar-refractivity contribution in [2.75, 3.05) is 0 Å². The highest BCUT2D eigenvalue weighted by Gasteiger charge is 2.20. The van der Waals surface area contributed by atoms with Gasteiger partial charge in [-0.1, -0.05) is 5.92 Å². The molecule has 0 aliphatic carbocycles. The summed E-state index contributed by atoms with van der Waals surface area (Å²) in [6.45, 7) is 1.50. The minimum atomic E-state index is -1.11. The van der Waals surface area contributed by atoms with Gasteiger partial charge in [-0.3, -0.25) is 4.79 Å². The molecule has 84 valence electrons. The van der Waals surface area contributed by atoms with Gasteiger partial charge >= 0.3 is 5.97 Å². The maximum absolute atomic E-state index is 11.1. The number of amides is 1. The van der Waals surface area contributed by atoms with Gasteiger partial charge in [-0.2, -0.15) is 0 Å². The van der Waals surface area contributed by atoms with E-state index in [2.05, 4.69) is 27.1 Å². The zero-order valence-electron chi connectivity index (χ0n) is 8.65. The van der Waals surface area contributed by atoms with Crippen molar-refractivity contribution in [1.29, 1.82) is 0 Å². The van der Waals surface area contributed by atoms with E-state index >= 15 is 0 Å². The Balaban J connectivity index is 2.64. The van der Waals surface area contributed by atoms with Gasteiger partial charge in [0.15, 0.2) is 0 Å². The van der Waals surface area contributed by atoms with E-state index in [4.69, 9.17) is 5.11 Å². The number of nitrogens with one attached hydrogen (secondary N) is 2. The number of aromatic nitrogens is 2. The molecule has 0 aliphatic heterocycles. The molecular weight excluding hydrogens is 210 g/mol. The Labute approximate surface area is 92.1 Å². The van der Waals surface area contributed by atoms with Gasteiger partial charge in [0.1, 0.15) is 6.04 Å². The van der Waals surface area contributed by atoms with Gasteiger partial charge < -0.3 is 15.4 Å². The molecule has 0 saturated heterocycles. The molecule has 0 saturated carbocycles. The zero-order chi connectivity index (χ0) is 12.0. The number of hydrogen-bond donors (Lipinski definition) is 3. The van der Waals surface area contributed by atoms with Crippen LogP contribution in [0.15, 0.2) is 12.5 Å². The number of aliphatic carboxylic acids is 1. The van der Waals surface area contributed by atoms with Crippen LogP contribution in [0.2, 0.25) is 0 Å². The fourth-order valence-corrected chi connectivity index (χ4v) is 1.12. The molecule has 1 rings (SSSR count). The fraction of sp³-hybridized carbons (Fsp3) is 0.300. The number of carboxylic acid groups (broad SMARTS) is 1. The summed E-state index contributed by atoms with van der Waals surface area (Å²) in [5.74, 6) is 2.90. The van der Waals surface area contributed by atoms with Crippen molar-refractivity contribution in [2.45, 2.75) is 19.4 Å². The second kappa shape index (κ2) is 5.56. The summed E-state index contributed by atoms with van der Waals surface area (Å²) in [5, 5.41) is 11.2. The molecule has 1 heterocycles. The van der Waals surface area contributed by atoms with E-state index < -0.39 is 17.9 Å². The highest BCUT2D eigenvalue weighted by molar-refractivity contribution is 5.95. The number of aromatic amines is 1. The van der Waals surface area contributed by atoms with Crippen LogP contribution in [0.5, 0.6) is 0 Å². The molecule has 1 aromatic heterocycles. The van der Waals surface area contributed by atoms with Crippen LogP contribution in [0.1, 0.15) is 12.6 Å². The Morgan fingerprint density at radius 1 is 1.69 bits per heavy atom. The second-order valence-corrected chi connectivity index (χ2v) is 3.02. The number of carbonyl (C=O) groups excluding carboxylic acids is 1. The zero-order valence-corrected chi connectivity index (χ0v) is 8.65. The SMILES string of the molecule is CC#CC(=O)NC(Cc1cnc[nH]1)C(=O)O. The van der Waals surface area contributed by atoms with Gasteiger partial charge in [-0.25, -0.2) is 9.78 Å². The van der Waals surface area contributed by atoms with Crippen molar-refractivity contribution in [3.05, 3.63) is 18.2 Å². The molecule has 0 bridgehead atoms. The van der Waals surface area contributed by atoms with E-state index in [-0.39, 0.29) is 6.42 Å². The van der Waals surface area contributed by atoms with E-state index in [1.54, 1.807) is 0 Å². The highest BCUT2D eigenvalue weighted by atomic mass is 16.4. The third-order valence-electron chi connectivity index (χ3n) is 1.82. The van der Waals surface area contributed by atoms with Gasteiger partial charge in [0.25, 0.3) is 5.91 Å². The van der Waals surface area contributed by atoms with Crippen LogP contribution in [-0.2, 0) is 16.0 Å². The summed E-state index contributed by atoms with van der Waals surface area (Å²) >= 11 is 0. The number of imidazole rings is 1. The van der Waals surface area contributed by atoms with E-state index in [1.807, 2.05) is 0 Å². The Morgan fingerprint density at radius 2 is 2.44 bits per heavy atom. The average molecular weight is 221 g/mol. The quantitative estimate of drug-likeness (QED) is 0.600. The molecule has 1 atom stereocenters. The van der Waals surface area contributed by atoms with E-state index in [1.165, 1.54) is 19.4 Å². The van der Waals surface area contributed by atoms with Crippen LogP contribution in [0.3, 0.4) is 0 Å². The normalized spacial score (nSPS) is 11.1. The smallest absolute Gasteiger partial charge is 0.326 e. The molecule has 0 radical (unpaired) electrons. The van der Waals surface area contributed by atoms with Gasteiger partial charge in [-0.05, 0) is 12.8 Å². The summed E-state index contributed by atoms with van der Waals surface area (Å²) in [6.07, 6.45) is 3.10. The van der Waals surface area contributed by atoms with Crippen molar-refractivity contribution in [3.63, 3.8) is 0 Å². The molecule has 6 heteroatoms. The van der Waals surface area contributed by atoms with Crippen molar-refractivity contribution in [3.8, 4) is 11.8 Å². The predicted octanol–water partition coefficient (Wildman–Crippen LogP) is -0.455. The fourth-order valence-electron chi connectivity index (χ4n) is 1.12. The van der Waals surface area contributed by atoms with Crippen molar-refractivity contribution >= 4 is 11.9 Å². The van der Waals surface area contributed by atoms with Gasteiger partial charge in [0, 0.05) is 18.3 Å². The van der Waals surface area contributed by atoms with Crippen LogP contribution in [0, 0.1) is 11.8 Å². The number of nitrogens with zero attached hydrogens (tertiary/aromatic N) is 1. The second-order valence-electron chi connectivity index (χ2n) is 3.02. The first kappa shape index (κ1) is 11.8. The van der Waals surface area contributed by atoms with Crippen molar-refractivity contribution in [1.82, 2.24) is 15.3 Å². The summed E-state index contributed by atoms with van der Waals surface area (Å²) in [6, 6.07) is -1.01. The van der Waals surface area contributed by atoms with Crippen LogP contribution < -0.4 is 5.32 Å². The summed E-state index contributed by atoms with van der Waals surface area (Å²) in [7, 11) is 0. The minimum Gasteiger partial charge on any atom is -0.480 e. The molecule has 16 heavy (non-hydrogen) atoms. The maximum Gasteiger partial charge on any atom is 0.326 e. The van der Waals surface area contributed by atoms with Crippen molar-refractivity contribution in [2.24, 2.45) is 0 Å². The molecule has 0 aromatic carbocycles. The number of carbonyl (C=O) groups is 2. The number of rotatable bonds is 4. The lowest BCUT2D eigenvalue weighted by atomic mass is 10.1. The summed E-state index contributed by atoms with van der Waals surface area (Å²) < 4.78 is 0. The summed E-state index contributed by atoms with van der Waals surface area (Å²) in [4.78, 5) is 28.5. The number of H-pyrrole nitrogens is 1. The lowest BCUT2D eigenvalue weighted by molar-refractivity contribution is -0.141. The molecule has 3 N–H and O–H groups in total. The van der Waals surface area contributed by atoms with Crippen molar-refractivity contribution < 1.29 is 14.7 Å². The molecule has 1 amide bonds. The predicted molar refractivity (Wildman–Crippen MR) is 55.3 cm³/mol. The van der Waals surface area contributed by atoms with Crippen LogP contribution >= 0.6 is 0 Å². The molecule has 0 aliphatic rings. The van der Waals surface area contributed by atoms with E-state index in [9.17, 15) is 9.59 Å². The lowest BCUT2D eigenvalue weighted by Gasteiger charge is -2.10. The Kier molecular flexibility index (Phi) is 4.09. The van der Waals surface area contributed by atoms with E-state index in [0.29, 0.717) is 5.69 Å².